The quantitative estimate of drug-likeness (QED) is 0.587. The van der Waals surface area contributed by atoms with Gasteiger partial charge in [-0.1, -0.05) is 42.5 Å². The van der Waals surface area contributed by atoms with Gasteiger partial charge in [0, 0.05) is 6.08 Å². The van der Waals surface area contributed by atoms with Crippen LogP contribution in [-0.4, -0.2) is 30.5 Å². The molecule has 2 aromatic rings. The van der Waals surface area contributed by atoms with E-state index in [2.05, 4.69) is 29.7 Å². The summed E-state index contributed by atoms with van der Waals surface area (Å²) in [5.74, 6) is 0.717. The second-order valence-electron chi connectivity index (χ2n) is 7.05. The maximum atomic E-state index is 10.8. The molecule has 0 radical (unpaired) electrons. The largest absolute Gasteiger partial charge is 0.497 e. The maximum Gasteiger partial charge on any atom is 0.328 e. The molecule has 156 valence electrons. The molecule has 4 nitrogen and oxygen atoms in total. The lowest BCUT2D eigenvalue weighted by molar-refractivity contribution is -0.131. The fourth-order valence-corrected chi connectivity index (χ4v) is 4.72. The minimum Gasteiger partial charge on any atom is -0.497 e. The topological polar surface area (TPSA) is 55.8 Å². The number of thioether (sulfide) groups is 1. The average Bonchev–Trinajstić information content (AvgIpc) is 2.82. The molecule has 1 heterocycles. The van der Waals surface area contributed by atoms with E-state index in [4.69, 9.17) is 14.6 Å². The lowest BCUT2D eigenvalue weighted by Crippen LogP contribution is -2.13. The normalized spacial score (nSPS) is 17.8. The zero-order valence-electron chi connectivity index (χ0n) is 17.2. The number of carbonyl (C=O) groups is 1. The molecule has 1 N–H and O–H groups in total. The average molecular weight is 431 g/mol. The Morgan fingerprint density at radius 3 is 2.32 bits per heavy atom. The molecule has 1 unspecified atom stereocenters. The van der Waals surface area contributed by atoms with Gasteiger partial charge >= 0.3 is 5.97 Å². The second kappa shape index (κ2) is 9.14. The zero-order chi connectivity index (χ0) is 21.8. The highest BCUT2D eigenvalue weighted by Crippen LogP contribution is 2.46. The first kappa shape index (κ1) is 20.8. The Morgan fingerprint density at radius 1 is 0.968 bits per heavy atom. The molecule has 0 saturated heterocycles. The number of benzene rings is 2. The lowest BCUT2D eigenvalue weighted by atomic mass is 9.86. The fraction of sp³-hybridized carbons (Fsp3) is 0.115. The van der Waals surface area contributed by atoms with Crippen LogP contribution in [0.25, 0.3) is 17.2 Å². The summed E-state index contributed by atoms with van der Waals surface area (Å²) in [5, 5.41) is 11.2. The SMILES string of the molecule is COC1=CC2SC=C(c3ccc(OC)cc3)C(c3ccc(C=CC(=O)O)cc3)=C2C=C1. The Bertz CT molecular complexity index is 1130. The van der Waals surface area contributed by atoms with Gasteiger partial charge in [0.15, 0.2) is 0 Å². The van der Waals surface area contributed by atoms with Crippen molar-refractivity contribution in [2.45, 2.75) is 5.25 Å². The Morgan fingerprint density at radius 2 is 1.68 bits per heavy atom. The van der Waals surface area contributed by atoms with E-state index in [1.807, 2.05) is 42.5 Å². The molecule has 4 rings (SSSR count). The zero-order valence-corrected chi connectivity index (χ0v) is 18.1. The van der Waals surface area contributed by atoms with Crippen LogP contribution in [0, 0.1) is 0 Å². The lowest BCUT2D eigenvalue weighted by Gasteiger charge is -2.28. The molecule has 0 fully saturated rings. The number of methoxy groups -OCH3 is 2. The van der Waals surface area contributed by atoms with E-state index in [9.17, 15) is 4.79 Å². The molecule has 0 aromatic heterocycles. The summed E-state index contributed by atoms with van der Waals surface area (Å²) < 4.78 is 10.7. The predicted molar refractivity (Wildman–Crippen MR) is 127 cm³/mol. The summed E-state index contributed by atoms with van der Waals surface area (Å²) in [6, 6.07) is 16.0. The molecule has 31 heavy (non-hydrogen) atoms. The molecule has 0 saturated carbocycles. The van der Waals surface area contributed by atoms with Crippen LogP contribution >= 0.6 is 11.8 Å². The van der Waals surface area contributed by atoms with E-state index in [-0.39, 0.29) is 5.25 Å². The highest BCUT2D eigenvalue weighted by molar-refractivity contribution is 8.03. The van der Waals surface area contributed by atoms with Gasteiger partial charge in [-0.3, -0.25) is 0 Å². The molecular formula is C26H22O4S. The third kappa shape index (κ3) is 4.52. The van der Waals surface area contributed by atoms with Crippen LogP contribution in [0.1, 0.15) is 16.7 Å². The fourth-order valence-electron chi connectivity index (χ4n) is 3.62. The molecule has 1 aliphatic heterocycles. The van der Waals surface area contributed by atoms with Crippen molar-refractivity contribution in [3.05, 3.63) is 106 Å². The Kier molecular flexibility index (Phi) is 6.14. The van der Waals surface area contributed by atoms with Crippen LogP contribution in [0.15, 0.2) is 89.6 Å². The number of hydrogen-bond acceptors (Lipinski definition) is 4. The number of hydrogen-bond donors (Lipinski definition) is 1. The van der Waals surface area contributed by atoms with Gasteiger partial charge in [-0.25, -0.2) is 4.79 Å². The second-order valence-corrected chi connectivity index (χ2v) is 8.06. The van der Waals surface area contributed by atoms with E-state index in [0.29, 0.717) is 0 Å². The van der Waals surface area contributed by atoms with Gasteiger partial charge in [0.1, 0.15) is 11.5 Å². The number of ether oxygens (including phenoxy) is 2. The third-order valence-electron chi connectivity index (χ3n) is 5.19. The first-order chi connectivity index (χ1) is 15.1. The molecule has 1 atom stereocenters. The van der Waals surface area contributed by atoms with E-state index in [0.717, 1.165) is 45.4 Å². The summed E-state index contributed by atoms with van der Waals surface area (Å²) in [7, 11) is 3.34. The van der Waals surface area contributed by atoms with Crippen LogP contribution in [0.4, 0.5) is 0 Å². The highest BCUT2D eigenvalue weighted by atomic mass is 32.2. The first-order valence-electron chi connectivity index (χ1n) is 9.79. The number of rotatable bonds is 6. The molecule has 1 aliphatic carbocycles. The van der Waals surface area contributed by atoms with Gasteiger partial charge in [0.05, 0.1) is 19.5 Å². The van der Waals surface area contributed by atoms with Gasteiger partial charge in [-0.15, -0.1) is 11.8 Å². The summed E-state index contributed by atoms with van der Waals surface area (Å²) >= 11 is 1.76. The monoisotopic (exact) mass is 430 g/mol. The molecule has 2 aliphatic rings. The van der Waals surface area contributed by atoms with Crippen molar-refractivity contribution < 1.29 is 19.4 Å². The van der Waals surface area contributed by atoms with E-state index in [1.54, 1.807) is 32.1 Å². The van der Waals surface area contributed by atoms with Crippen molar-refractivity contribution in [3.63, 3.8) is 0 Å². The molecule has 5 heteroatoms. The highest BCUT2D eigenvalue weighted by Gasteiger charge is 2.26. The molecular weight excluding hydrogens is 408 g/mol. The number of allylic oxidation sites excluding steroid dienone is 4. The molecule has 0 bridgehead atoms. The Hall–Kier alpha value is -3.44. The molecule has 2 aromatic carbocycles. The third-order valence-corrected chi connectivity index (χ3v) is 6.25. The summed E-state index contributed by atoms with van der Waals surface area (Å²) in [4.78, 5) is 10.8. The predicted octanol–water partition coefficient (Wildman–Crippen LogP) is 5.80. The summed E-state index contributed by atoms with van der Waals surface area (Å²) in [6.07, 6.45) is 8.99. The van der Waals surface area contributed by atoms with Crippen molar-refractivity contribution >= 4 is 35.0 Å². The molecule has 0 spiro atoms. The van der Waals surface area contributed by atoms with Gasteiger partial charge in [-0.2, -0.15) is 0 Å². The van der Waals surface area contributed by atoms with Crippen molar-refractivity contribution in [1.29, 1.82) is 0 Å². The summed E-state index contributed by atoms with van der Waals surface area (Å²) in [6.45, 7) is 0. The van der Waals surface area contributed by atoms with Gasteiger partial charge in [0.2, 0.25) is 0 Å². The number of aliphatic carboxylic acids is 1. The van der Waals surface area contributed by atoms with Crippen LogP contribution in [0.2, 0.25) is 0 Å². The van der Waals surface area contributed by atoms with Gasteiger partial charge in [0.25, 0.3) is 0 Å². The minimum atomic E-state index is -0.959. The van der Waals surface area contributed by atoms with Crippen molar-refractivity contribution in [3.8, 4) is 5.75 Å². The Balaban J connectivity index is 1.78. The number of fused-ring (bicyclic) bond motifs is 1. The van der Waals surface area contributed by atoms with Gasteiger partial charge in [-0.05, 0) is 69.2 Å². The smallest absolute Gasteiger partial charge is 0.328 e. The van der Waals surface area contributed by atoms with E-state index in [1.165, 1.54) is 5.57 Å². The Labute approximate surface area is 185 Å². The van der Waals surface area contributed by atoms with Gasteiger partial charge < -0.3 is 14.6 Å². The van der Waals surface area contributed by atoms with Crippen molar-refractivity contribution in [2.75, 3.05) is 14.2 Å². The number of carboxylic acid groups (broad SMARTS) is 1. The van der Waals surface area contributed by atoms with Crippen LogP contribution in [0.3, 0.4) is 0 Å². The first-order valence-corrected chi connectivity index (χ1v) is 10.7. The van der Waals surface area contributed by atoms with Crippen molar-refractivity contribution in [1.82, 2.24) is 0 Å². The summed E-state index contributed by atoms with van der Waals surface area (Å²) in [5.41, 5.74) is 6.55. The van der Waals surface area contributed by atoms with Crippen LogP contribution in [-0.2, 0) is 9.53 Å². The standard InChI is InChI=1S/C26H22O4S/c1-29-20-10-8-18(9-11-20)23-16-31-24-15-21(30-2)12-13-22(24)26(23)19-6-3-17(4-7-19)5-14-25(27)28/h3-16,24H,1-2H3,(H,27,28). The van der Waals surface area contributed by atoms with Crippen LogP contribution in [0.5, 0.6) is 5.75 Å². The van der Waals surface area contributed by atoms with Crippen LogP contribution < -0.4 is 4.74 Å². The van der Waals surface area contributed by atoms with Crippen molar-refractivity contribution in [2.24, 2.45) is 0 Å². The van der Waals surface area contributed by atoms with E-state index >= 15 is 0 Å². The molecule has 0 amide bonds. The maximum absolute atomic E-state index is 10.8. The number of carboxylic acids is 1. The minimum absolute atomic E-state index is 0.170. The van der Waals surface area contributed by atoms with E-state index < -0.39 is 5.97 Å².